The lowest BCUT2D eigenvalue weighted by Gasteiger charge is -2.38. The van der Waals surface area contributed by atoms with Gasteiger partial charge in [0, 0.05) is 12.3 Å². The van der Waals surface area contributed by atoms with Crippen LogP contribution in [0.25, 0.3) is 0 Å². The summed E-state index contributed by atoms with van der Waals surface area (Å²) in [6, 6.07) is 8.85. The molecular weight excluding hydrogens is 544 g/mol. The molecule has 2 unspecified atom stereocenters. The van der Waals surface area contributed by atoms with E-state index >= 15 is 0 Å². The van der Waals surface area contributed by atoms with Crippen molar-refractivity contribution in [2.75, 3.05) is 5.75 Å². The Morgan fingerprint density at radius 2 is 1.64 bits per heavy atom. The van der Waals surface area contributed by atoms with Crippen molar-refractivity contribution in [2.24, 2.45) is 23.7 Å². The van der Waals surface area contributed by atoms with Crippen LogP contribution in [0.1, 0.15) is 98.8 Å². The second-order valence-electron chi connectivity index (χ2n) is 13.6. The molecule has 0 spiro atoms. The second-order valence-corrected chi connectivity index (χ2v) is 15.6. The molecule has 0 bridgehead atoms. The Labute approximate surface area is 256 Å². The highest BCUT2D eigenvalue weighted by molar-refractivity contribution is 7.91. The number of sulfone groups is 1. The van der Waals surface area contributed by atoms with Crippen LogP contribution in [0, 0.1) is 23.7 Å². The van der Waals surface area contributed by atoms with Gasteiger partial charge in [0.2, 0.25) is 0 Å². The van der Waals surface area contributed by atoms with Gasteiger partial charge in [-0.05, 0) is 79.6 Å². The standard InChI is InChI=1S/C36H56O5S/c1-8-10-14-29-21-26(5)33(39-29)18-17-30-20-25(4)27(6)35(40-30)22-36-32(28(7)34(41-36)19-24(3)9-2)23-42(37,38)31-15-12-11-13-16-31/h11-13,15-16,24-25,28-30,32-36H,5-6,8-10,14,17-23H2,1-4,7H3/t24-,25-,28-,29+,30+,32-,33?,34-,35?,36+/m1/s1. The molecule has 3 aliphatic heterocycles. The Kier molecular flexibility index (Phi) is 11.9. The summed E-state index contributed by atoms with van der Waals surface area (Å²) in [6.45, 7) is 19.9. The molecule has 0 radical (unpaired) electrons. The summed E-state index contributed by atoms with van der Waals surface area (Å²) in [5, 5.41) is 0. The molecule has 1 aromatic carbocycles. The van der Waals surface area contributed by atoms with Crippen molar-refractivity contribution < 1.29 is 22.6 Å². The van der Waals surface area contributed by atoms with Gasteiger partial charge >= 0.3 is 0 Å². The van der Waals surface area contributed by atoms with Gasteiger partial charge < -0.3 is 14.2 Å². The van der Waals surface area contributed by atoms with Gasteiger partial charge in [-0.25, -0.2) is 8.42 Å². The van der Waals surface area contributed by atoms with Crippen molar-refractivity contribution in [2.45, 2.75) is 140 Å². The van der Waals surface area contributed by atoms with E-state index in [0.29, 0.717) is 29.3 Å². The third-order valence-corrected chi connectivity index (χ3v) is 12.1. The second kappa shape index (κ2) is 15.0. The predicted octanol–water partition coefficient (Wildman–Crippen LogP) is 8.34. The van der Waals surface area contributed by atoms with E-state index in [-0.39, 0.29) is 48.1 Å². The predicted molar refractivity (Wildman–Crippen MR) is 171 cm³/mol. The molecule has 42 heavy (non-hydrogen) atoms. The first-order chi connectivity index (χ1) is 20.0. The molecule has 0 N–H and O–H groups in total. The summed E-state index contributed by atoms with van der Waals surface area (Å²) >= 11 is 0. The highest BCUT2D eigenvalue weighted by atomic mass is 32.2. The molecule has 6 heteroatoms. The van der Waals surface area contributed by atoms with Gasteiger partial charge in [0.15, 0.2) is 9.84 Å². The lowest BCUT2D eigenvalue weighted by atomic mass is 9.81. The normalized spacial score (nSPS) is 34.6. The minimum absolute atomic E-state index is 0.0529. The van der Waals surface area contributed by atoms with Gasteiger partial charge in [-0.2, -0.15) is 0 Å². The Morgan fingerprint density at radius 3 is 2.33 bits per heavy atom. The summed E-state index contributed by atoms with van der Waals surface area (Å²) < 4.78 is 46.9. The first-order valence-electron chi connectivity index (χ1n) is 16.6. The molecule has 1 aromatic rings. The summed E-state index contributed by atoms with van der Waals surface area (Å²) in [6.07, 6.45) is 10.3. The maximum Gasteiger partial charge on any atom is 0.178 e. The Hall–Kier alpha value is -1.47. The van der Waals surface area contributed by atoms with Crippen LogP contribution < -0.4 is 0 Å². The summed E-state index contributed by atoms with van der Waals surface area (Å²) in [7, 11) is -3.44. The van der Waals surface area contributed by atoms with Crippen molar-refractivity contribution in [3.63, 3.8) is 0 Å². The number of benzene rings is 1. The molecule has 0 aromatic heterocycles. The fraction of sp³-hybridized carbons (Fsp3) is 0.722. The molecule has 0 saturated carbocycles. The average Bonchev–Trinajstić information content (AvgIpc) is 3.46. The Morgan fingerprint density at radius 1 is 0.929 bits per heavy atom. The van der Waals surface area contributed by atoms with E-state index in [4.69, 9.17) is 14.2 Å². The van der Waals surface area contributed by atoms with Gasteiger partial charge in [0.1, 0.15) is 0 Å². The highest BCUT2D eigenvalue weighted by Crippen LogP contribution is 2.43. The molecular formula is C36H56O5S. The molecule has 236 valence electrons. The molecule has 5 nitrogen and oxygen atoms in total. The van der Waals surface area contributed by atoms with Crippen LogP contribution in [0.15, 0.2) is 59.5 Å². The van der Waals surface area contributed by atoms with E-state index in [1.807, 2.05) is 6.07 Å². The van der Waals surface area contributed by atoms with E-state index in [2.05, 4.69) is 47.8 Å². The summed E-state index contributed by atoms with van der Waals surface area (Å²) in [5.74, 6) is 1.03. The van der Waals surface area contributed by atoms with Crippen LogP contribution in [0.5, 0.6) is 0 Å². The van der Waals surface area contributed by atoms with Crippen LogP contribution in [0.4, 0.5) is 0 Å². The Balaban J connectivity index is 1.43. The van der Waals surface area contributed by atoms with Crippen molar-refractivity contribution in [1.29, 1.82) is 0 Å². The van der Waals surface area contributed by atoms with E-state index < -0.39 is 9.84 Å². The average molecular weight is 601 g/mol. The van der Waals surface area contributed by atoms with E-state index in [0.717, 1.165) is 50.5 Å². The smallest absolute Gasteiger partial charge is 0.178 e. The quantitative estimate of drug-likeness (QED) is 0.201. The third kappa shape index (κ3) is 8.37. The first-order valence-corrected chi connectivity index (χ1v) is 18.3. The van der Waals surface area contributed by atoms with E-state index in [9.17, 15) is 8.42 Å². The highest BCUT2D eigenvalue weighted by Gasteiger charge is 2.46. The van der Waals surface area contributed by atoms with Crippen molar-refractivity contribution in [3.8, 4) is 0 Å². The van der Waals surface area contributed by atoms with Crippen LogP contribution in [-0.4, -0.2) is 50.8 Å². The molecule has 4 rings (SSSR count). The SMILES string of the molecule is C=C1C[C@H](CCCC)OC1CC[C@H]1C[C@@H](C)C(=C)C(C[C@@H]2O[C@H](C[C@H](C)CC)[C@H](C)[C@H]2CS(=O)(=O)c2ccccc2)O1. The minimum Gasteiger partial charge on any atom is -0.374 e. The summed E-state index contributed by atoms with van der Waals surface area (Å²) in [5.41, 5.74) is 2.34. The molecule has 3 aliphatic rings. The van der Waals surface area contributed by atoms with E-state index in [1.54, 1.807) is 24.3 Å². The molecule has 3 heterocycles. The lowest BCUT2D eigenvalue weighted by Crippen LogP contribution is -2.38. The maximum absolute atomic E-state index is 13.5. The molecule has 3 saturated heterocycles. The van der Waals surface area contributed by atoms with Gasteiger partial charge in [0.05, 0.1) is 47.3 Å². The number of ether oxygens (including phenoxy) is 3. The maximum atomic E-state index is 13.5. The fourth-order valence-corrected chi connectivity index (χ4v) is 9.01. The fourth-order valence-electron chi connectivity index (χ4n) is 7.22. The number of rotatable bonds is 14. The monoisotopic (exact) mass is 600 g/mol. The Bertz CT molecular complexity index is 1130. The zero-order chi connectivity index (χ0) is 30.4. The first kappa shape index (κ1) is 33.4. The molecule has 0 amide bonds. The molecule has 0 aliphatic carbocycles. The van der Waals surface area contributed by atoms with Crippen LogP contribution in [-0.2, 0) is 24.0 Å². The number of unbranched alkanes of at least 4 members (excludes halogenated alkanes) is 1. The lowest BCUT2D eigenvalue weighted by molar-refractivity contribution is -0.0737. The zero-order valence-electron chi connectivity index (χ0n) is 26.8. The van der Waals surface area contributed by atoms with E-state index in [1.165, 1.54) is 18.4 Å². The third-order valence-electron chi connectivity index (χ3n) is 10.3. The summed E-state index contributed by atoms with van der Waals surface area (Å²) in [4.78, 5) is 0.390. The van der Waals surface area contributed by atoms with Crippen molar-refractivity contribution in [1.82, 2.24) is 0 Å². The minimum atomic E-state index is -3.44. The van der Waals surface area contributed by atoms with Gasteiger partial charge in [-0.3, -0.25) is 0 Å². The van der Waals surface area contributed by atoms with Gasteiger partial charge in [-0.1, -0.05) is 85.2 Å². The van der Waals surface area contributed by atoms with Crippen LogP contribution in [0.3, 0.4) is 0 Å². The van der Waals surface area contributed by atoms with Crippen molar-refractivity contribution >= 4 is 9.84 Å². The number of hydrogen-bond donors (Lipinski definition) is 0. The zero-order valence-corrected chi connectivity index (χ0v) is 27.6. The van der Waals surface area contributed by atoms with Crippen LogP contribution >= 0.6 is 0 Å². The molecule has 3 fully saturated rings. The topological polar surface area (TPSA) is 61.8 Å². The van der Waals surface area contributed by atoms with Crippen LogP contribution in [0.2, 0.25) is 0 Å². The largest absolute Gasteiger partial charge is 0.374 e. The van der Waals surface area contributed by atoms with Crippen molar-refractivity contribution in [3.05, 3.63) is 54.6 Å². The van der Waals surface area contributed by atoms with Gasteiger partial charge in [-0.15, -0.1) is 0 Å². The van der Waals surface area contributed by atoms with Gasteiger partial charge in [0.25, 0.3) is 0 Å². The molecule has 10 atom stereocenters. The number of hydrogen-bond acceptors (Lipinski definition) is 5.